The van der Waals surface area contributed by atoms with Gasteiger partial charge in [0, 0.05) is 17.3 Å². The van der Waals surface area contributed by atoms with Gasteiger partial charge in [-0.1, -0.05) is 13.8 Å². The highest BCUT2D eigenvalue weighted by Gasteiger charge is 2.16. The van der Waals surface area contributed by atoms with Crippen LogP contribution in [0.2, 0.25) is 0 Å². The molecule has 0 aliphatic carbocycles. The topological polar surface area (TPSA) is 83.3 Å². The summed E-state index contributed by atoms with van der Waals surface area (Å²) in [5.74, 6) is 0.0857. The van der Waals surface area contributed by atoms with E-state index in [1.165, 1.54) is 6.21 Å². The third-order valence-corrected chi connectivity index (χ3v) is 4.17. The van der Waals surface area contributed by atoms with E-state index in [0.29, 0.717) is 34.5 Å². The molecule has 0 spiro atoms. The summed E-state index contributed by atoms with van der Waals surface area (Å²) in [5, 5.41) is 17.3. The van der Waals surface area contributed by atoms with Crippen molar-refractivity contribution in [3.63, 3.8) is 0 Å². The minimum absolute atomic E-state index is 0.242. The molecule has 0 radical (unpaired) electrons. The van der Waals surface area contributed by atoms with Crippen LogP contribution >= 0.6 is 11.3 Å². The molecule has 5 nitrogen and oxygen atoms in total. The molecular formula is C16H18N2O3S. The Bertz CT molecular complexity index is 707. The molecule has 22 heavy (non-hydrogen) atoms. The van der Waals surface area contributed by atoms with E-state index in [2.05, 4.69) is 18.8 Å². The molecule has 0 amide bonds. The summed E-state index contributed by atoms with van der Waals surface area (Å²) in [4.78, 5) is 15.7. The van der Waals surface area contributed by atoms with E-state index in [4.69, 9.17) is 15.3 Å². The number of nitrogens with one attached hydrogen (secondary N) is 1. The third-order valence-electron chi connectivity index (χ3n) is 2.98. The normalized spacial score (nSPS) is 10.7. The minimum Gasteiger partial charge on any atom is -0.493 e. The lowest BCUT2D eigenvalue weighted by Crippen LogP contribution is -2.06. The lowest BCUT2D eigenvalue weighted by Gasteiger charge is -2.11. The Balaban J connectivity index is 2.35. The van der Waals surface area contributed by atoms with Crippen LogP contribution in [0.15, 0.2) is 18.2 Å². The highest BCUT2D eigenvalue weighted by atomic mass is 32.1. The smallest absolute Gasteiger partial charge is 0.347 e. The van der Waals surface area contributed by atoms with Gasteiger partial charge in [-0.25, -0.2) is 9.78 Å². The molecule has 6 heteroatoms. The van der Waals surface area contributed by atoms with E-state index in [1.54, 1.807) is 19.1 Å². The van der Waals surface area contributed by atoms with Gasteiger partial charge in [0.05, 0.1) is 12.3 Å². The van der Waals surface area contributed by atoms with E-state index in [9.17, 15) is 4.79 Å². The first-order valence-corrected chi connectivity index (χ1v) is 7.72. The van der Waals surface area contributed by atoms with Gasteiger partial charge >= 0.3 is 5.97 Å². The summed E-state index contributed by atoms with van der Waals surface area (Å²) in [6.07, 6.45) is 1.23. The monoisotopic (exact) mass is 318 g/mol. The van der Waals surface area contributed by atoms with Gasteiger partial charge in [0.1, 0.15) is 15.6 Å². The van der Waals surface area contributed by atoms with Gasteiger partial charge in [-0.3, -0.25) is 0 Å². The number of carboxylic acids is 1. The summed E-state index contributed by atoms with van der Waals surface area (Å²) < 4.78 is 5.69. The van der Waals surface area contributed by atoms with Gasteiger partial charge in [0.15, 0.2) is 0 Å². The number of rotatable bonds is 6. The van der Waals surface area contributed by atoms with Crippen LogP contribution in [0.4, 0.5) is 0 Å². The maximum atomic E-state index is 11.1. The van der Waals surface area contributed by atoms with Gasteiger partial charge < -0.3 is 15.3 Å². The van der Waals surface area contributed by atoms with Crippen LogP contribution in [0.5, 0.6) is 5.75 Å². The molecule has 2 N–H and O–H groups in total. The Morgan fingerprint density at radius 2 is 2.23 bits per heavy atom. The van der Waals surface area contributed by atoms with E-state index >= 15 is 0 Å². The molecular weight excluding hydrogens is 300 g/mol. The van der Waals surface area contributed by atoms with E-state index < -0.39 is 5.97 Å². The van der Waals surface area contributed by atoms with Crippen molar-refractivity contribution in [3.05, 3.63) is 34.3 Å². The summed E-state index contributed by atoms with van der Waals surface area (Å²) in [6.45, 7) is 6.38. The Morgan fingerprint density at radius 3 is 2.77 bits per heavy atom. The molecule has 0 aliphatic heterocycles. The molecule has 1 aromatic carbocycles. The zero-order chi connectivity index (χ0) is 16.3. The van der Waals surface area contributed by atoms with Gasteiger partial charge in [0.25, 0.3) is 0 Å². The molecule has 1 heterocycles. The molecule has 2 aromatic rings. The Hall–Kier alpha value is -2.21. The average Bonchev–Trinajstić information content (AvgIpc) is 2.87. The van der Waals surface area contributed by atoms with Crippen LogP contribution in [-0.4, -0.2) is 28.9 Å². The molecule has 0 aliphatic rings. The molecule has 2 rings (SSSR count). The summed E-state index contributed by atoms with van der Waals surface area (Å²) >= 11 is 1.14. The second kappa shape index (κ2) is 6.70. The number of carbonyl (C=O) groups is 1. The number of aryl methyl sites for hydroxylation is 1. The van der Waals surface area contributed by atoms with Gasteiger partial charge in [-0.15, -0.1) is 11.3 Å². The van der Waals surface area contributed by atoms with Crippen molar-refractivity contribution in [1.82, 2.24) is 4.98 Å². The largest absolute Gasteiger partial charge is 0.493 e. The van der Waals surface area contributed by atoms with Crippen LogP contribution in [0, 0.1) is 18.3 Å². The van der Waals surface area contributed by atoms with Crippen molar-refractivity contribution in [2.45, 2.75) is 20.8 Å². The van der Waals surface area contributed by atoms with Crippen LogP contribution in [0.3, 0.4) is 0 Å². The molecule has 0 saturated heterocycles. The number of benzene rings is 1. The second-order valence-corrected chi connectivity index (χ2v) is 6.34. The van der Waals surface area contributed by atoms with E-state index in [1.807, 2.05) is 6.07 Å². The highest BCUT2D eigenvalue weighted by Crippen LogP contribution is 2.31. The average molecular weight is 318 g/mol. The van der Waals surface area contributed by atoms with Crippen LogP contribution in [-0.2, 0) is 0 Å². The quantitative estimate of drug-likeness (QED) is 0.792. The lowest BCUT2D eigenvalue weighted by atomic mass is 10.1. The fraction of sp³-hybridized carbons (Fsp3) is 0.312. The maximum Gasteiger partial charge on any atom is 0.347 e. The van der Waals surface area contributed by atoms with Crippen molar-refractivity contribution in [3.8, 4) is 16.3 Å². The fourth-order valence-corrected chi connectivity index (χ4v) is 2.80. The number of hydrogen-bond donors (Lipinski definition) is 2. The Morgan fingerprint density at radius 1 is 1.50 bits per heavy atom. The number of ether oxygens (including phenoxy) is 1. The van der Waals surface area contributed by atoms with Crippen LogP contribution in [0.1, 0.15) is 34.8 Å². The minimum atomic E-state index is -0.967. The van der Waals surface area contributed by atoms with Crippen molar-refractivity contribution in [2.24, 2.45) is 5.92 Å². The molecule has 1 aromatic heterocycles. The first-order valence-electron chi connectivity index (χ1n) is 6.90. The van der Waals surface area contributed by atoms with E-state index in [0.717, 1.165) is 16.9 Å². The first-order chi connectivity index (χ1) is 10.4. The van der Waals surface area contributed by atoms with Crippen LogP contribution < -0.4 is 4.74 Å². The van der Waals surface area contributed by atoms with Crippen molar-refractivity contribution in [1.29, 1.82) is 5.41 Å². The maximum absolute atomic E-state index is 11.1. The Kier molecular flexibility index (Phi) is 4.92. The standard InChI is InChI=1S/C16H18N2O3S/c1-9(2)8-21-13-5-4-11(6-12(13)7-17)15-18-10(3)14(22-15)16(19)20/h4-7,9,17H,8H2,1-3H3,(H,19,20). The van der Waals surface area contributed by atoms with Crippen molar-refractivity contribution < 1.29 is 14.6 Å². The second-order valence-electron chi connectivity index (χ2n) is 5.34. The van der Waals surface area contributed by atoms with Gasteiger partial charge in [-0.2, -0.15) is 0 Å². The number of nitrogens with zero attached hydrogens (tertiary/aromatic N) is 1. The fourth-order valence-electron chi connectivity index (χ4n) is 1.90. The summed E-state index contributed by atoms with van der Waals surface area (Å²) in [7, 11) is 0. The van der Waals surface area contributed by atoms with E-state index in [-0.39, 0.29) is 4.88 Å². The zero-order valence-corrected chi connectivity index (χ0v) is 13.5. The summed E-state index contributed by atoms with van der Waals surface area (Å²) in [5.41, 5.74) is 1.95. The van der Waals surface area contributed by atoms with Crippen LogP contribution in [0.25, 0.3) is 10.6 Å². The number of carboxylic acid groups (broad SMARTS) is 1. The third kappa shape index (κ3) is 3.51. The molecule has 0 saturated carbocycles. The number of aromatic nitrogens is 1. The van der Waals surface area contributed by atoms with Gasteiger partial charge in [0.2, 0.25) is 0 Å². The molecule has 116 valence electrons. The SMILES string of the molecule is Cc1nc(-c2ccc(OCC(C)C)c(C=N)c2)sc1C(=O)O. The Labute approximate surface area is 133 Å². The number of thiazole rings is 1. The zero-order valence-electron chi connectivity index (χ0n) is 12.7. The van der Waals surface area contributed by atoms with Crippen molar-refractivity contribution in [2.75, 3.05) is 6.61 Å². The number of aromatic carboxylic acids is 1. The first kappa shape index (κ1) is 16.2. The van der Waals surface area contributed by atoms with Crippen molar-refractivity contribution >= 4 is 23.5 Å². The predicted octanol–water partition coefficient (Wildman–Crippen LogP) is 3.85. The lowest BCUT2D eigenvalue weighted by molar-refractivity contribution is 0.0701. The van der Waals surface area contributed by atoms with Gasteiger partial charge in [-0.05, 0) is 31.0 Å². The highest BCUT2D eigenvalue weighted by molar-refractivity contribution is 7.17. The number of hydrogen-bond acceptors (Lipinski definition) is 5. The summed E-state index contributed by atoms with van der Waals surface area (Å²) in [6, 6.07) is 5.44. The molecule has 0 bridgehead atoms. The molecule has 0 atom stereocenters. The predicted molar refractivity (Wildman–Crippen MR) is 87.5 cm³/mol. The molecule has 0 unspecified atom stereocenters. The molecule has 0 fully saturated rings.